The van der Waals surface area contributed by atoms with Crippen LogP contribution < -0.4 is 0 Å². The number of carboxylic acids is 1. The van der Waals surface area contributed by atoms with Gasteiger partial charge in [-0.25, -0.2) is 4.79 Å². The second kappa shape index (κ2) is 7.44. The molecule has 2 aromatic rings. The van der Waals surface area contributed by atoms with Gasteiger partial charge in [-0.2, -0.15) is 0 Å². The van der Waals surface area contributed by atoms with Gasteiger partial charge >= 0.3 is 5.97 Å². The standard InChI is InChI=1S/C19H20O2/c1-2-15-8-10-16(11-9-15)12-13-18(14-19(20)21)17-6-4-3-5-7-17/h3-11,14H,2,12-13H2,1H3,(H,20,21). The van der Waals surface area contributed by atoms with Crippen LogP contribution in [0.25, 0.3) is 5.57 Å². The van der Waals surface area contributed by atoms with Gasteiger partial charge in [-0.1, -0.05) is 61.5 Å². The number of carboxylic acid groups (broad SMARTS) is 1. The van der Waals surface area contributed by atoms with Crippen molar-refractivity contribution < 1.29 is 9.90 Å². The highest BCUT2D eigenvalue weighted by atomic mass is 16.4. The molecule has 1 N–H and O–H groups in total. The first-order chi connectivity index (χ1) is 10.2. The molecule has 0 amide bonds. The van der Waals surface area contributed by atoms with Gasteiger partial charge in [0.1, 0.15) is 0 Å². The van der Waals surface area contributed by atoms with Gasteiger partial charge < -0.3 is 5.11 Å². The van der Waals surface area contributed by atoms with Crippen LogP contribution in [0.15, 0.2) is 60.7 Å². The molecule has 2 aromatic carbocycles. The predicted octanol–water partition coefficient (Wildman–Crippen LogP) is 4.35. The van der Waals surface area contributed by atoms with Gasteiger partial charge in [0.15, 0.2) is 0 Å². The topological polar surface area (TPSA) is 37.3 Å². The average Bonchev–Trinajstić information content (AvgIpc) is 2.52. The van der Waals surface area contributed by atoms with Crippen molar-refractivity contribution in [3.63, 3.8) is 0 Å². The van der Waals surface area contributed by atoms with Crippen LogP contribution in [0.2, 0.25) is 0 Å². The zero-order valence-electron chi connectivity index (χ0n) is 12.3. The fourth-order valence-corrected chi connectivity index (χ4v) is 2.32. The minimum absolute atomic E-state index is 0.724. The Morgan fingerprint density at radius 1 is 1.00 bits per heavy atom. The van der Waals surface area contributed by atoms with Gasteiger partial charge in [-0.05, 0) is 41.5 Å². The second-order valence-corrected chi connectivity index (χ2v) is 5.04. The summed E-state index contributed by atoms with van der Waals surface area (Å²) in [5.74, 6) is -0.893. The molecule has 0 bridgehead atoms. The van der Waals surface area contributed by atoms with Gasteiger partial charge in [-0.15, -0.1) is 0 Å². The summed E-state index contributed by atoms with van der Waals surface area (Å²) in [6.45, 7) is 2.14. The van der Waals surface area contributed by atoms with Gasteiger partial charge in [0.25, 0.3) is 0 Å². The molecule has 0 saturated heterocycles. The lowest BCUT2D eigenvalue weighted by molar-refractivity contribution is -0.131. The maximum absolute atomic E-state index is 11.0. The Bertz CT molecular complexity index is 610. The number of aliphatic carboxylic acids is 1. The Kier molecular flexibility index (Phi) is 5.33. The Hall–Kier alpha value is -2.35. The maximum Gasteiger partial charge on any atom is 0.328 e. The van der Waals surface area contributed by atoms with E-state index in [-0.39, 0.29) is 0 Å². The summed E-state index contributed by atoms with van der Waals surface area (Å²) in [5, 5.41) is 9.03. The molecule has 0 aliphatic heterocycles. The van der Waals surface area contributed by atoms with Gasteiger partial charge in [0.05, 0.1) is 0 Å². The molecular formula is C19H20O2. The van der Waals surface area contributed by atoms with Gasteiger partial charge in [0.2, 0.25) is 0 Å². The molecule has 0 heterocycles. The van der Waals surface area contributed by atoms with Crippen LogP contribution in [0, 0.1) is 0 Å². The second-order valence-electron chi connectivity index (χ2n) is 5.04. The average molecular weight is 280 g/mol. The third-order valence-electron chi connectivity index (χ3n) is 3.56. The fraction of sp³-hybridized carbons (Fsp3) is 0.211. The summed E-state index contributed by atoms with van der Waals surface area (Å²) in [7, 11) is 0. The number of hydrogen-bond donors (Lipinski definition) is 1. The number of rotatable bonds is 6. The van der Waals surface area contributed by atoms with Crippen molar-refractivity contribution in [1.82, 2.24) is 0 Å². The van der Waals surface area contributed by atoms with Crippen LogP contribution >= 0.6 is 0 Å². The molecule has 0 atom stereocenters. The number of aryl methyl sites for hydroxylation is 2. The van der Waals surface area contributed by atoms with Crippen LogP contribution in [-0.4, -0.2) is 11.1 Å². The molecule has 0 unspecified atom stereocenters. The highest BCUT2D eigenvalue weighted by molar-refractivity contribution is 5.90. The Balaban J connectivity index is 2.11. The van der Waals surface area contributed by atoms with Crippen LogP contribution in [0.1, 0.15) is 30.0 Å². The first-order valence-corrected chi connectivity index (χ1v) is 7.25. The highest BCUT2D eigenvalue weighted by Gasteiger charge is 2.05. The first kappa shape index (κ1) is 15.0. The Morgan fingerprint density at radius 2 is 1.62 bits per heavy atom. The molecule has 21 heavy (non-hydrogen) atoms. The van der Waals surface area contributed by atoms with Gasteiger partial charge in [-0.3, -0.25) is 0 Å². The zero-order chi connectivity index (χ0) is 15.1. The summed E-state index contributed by atoms with van der Waals surface area (Å²) in [5.41, 5.74) is 4.40. The summed E-state index contributed by atoms with van der Waals surface area (Å²) >= 11 is 0. The summed E-state index contributed by atoms with van der Waals surface area (Å²) in [4.78, 5) is 11.0. The van der Waals surface area contributed by atoms with Crippen LogP contribution in [0.5, 0.6) is 0 Å². The molecule has 2 nitrogen and oxygen atoms in total. The summed E-state index contributed by atoms with van der Waals surface area (Å²) in [6, 6.07) is 18.2. The van der Waals surface area contributed by atoms with E-state index in [1.54, 1.807) is 0 Å². The van der Waals surface area contributed by atoms with Crippen molar-refractivity contribution in [2.45, 2.75) is 26.2 Å². The third kappa shape index (κ3) is 4.60. The van der Waals surface area contributed by atoms with E-state index in [0.29, 0.717) is 0 Å². The summed E-state index contributed by atoms with van der Waals surface area (Å²) < 4.78 is 0. The molecule has 108 valence electrons. The maximum atomic E-state index is 11.0. The van der Waals surface area contributed by atoms with E-state index in [0.717, 1.165) is 30.4 Å². The lowest BCUT2D eigenvalue weighted by Gasteiger charge is -2.08. The number of benzene rings is 2. The number of carbonyl (C=O) groups is 1. The zero-order valence-corrected chi connectivity index (χ0v) is 12.3. The van der Waals surface area contributed by atoms with E-state index < -0.39 is 5.97 Å². The lowest BCUT2D eigenvalue weighted by atomic mass is 9.97. The molecule has 0 radical (unpaired) electrons. The first-order valence-electron chi connectivity index (χ1n) is 7.25. The molecule has 2 heteroatoms. The molecule has 0 spiro atoms. The molecular weight excluding hydrogens is 260 g/mol. The van der Waals surface area contributed by atoms with Crippen molar-refractivity contribution in [2.24, 2.45) is 0 Å². The lowest BCUT2D eigenvalue weighted by Crippen LogP contribution is -1.95. The molecule has 0 fully saturated rings. The number of allylic oxidation sites excluding steroid dienone is 1. The Morgan fingerprint density at radius 3 is 2.19 bits per heavy atom. The summed E-state index contributed by atoms with van der Waals surface area (Å²) in [6.07, 6.45) is 3.92. The van der Waals surface area contributed by atoms with Crippen molar-refractivity contribution in [2.75, 3.05) is 0 Å². The SMILES string of the molecule is CCc1ccc(CCC(=CC(=O)O)c2ccccc2)cc1. The van der Waals surface area contributed by atoms with Gasteiger partial charge in [0, 0.05) is 6.08 Å². The Labute approximate surface area is 125 Å². The largest absolute Gasteiger partial charge is 0.478 e. The van der Waals surface area contributed by atoms with Crippen molar-refractivity contribution >= 4 is 11.5 Å². The minimum atomic E-state index is -0.893. The van der Waals surface area contributed by atoms with E-state index in [2.05, 4.69) is 31.2 Å². The molecule has 0 aliphatic carbocycles. The van der Waals surface area contributed by atoms with E-state index in [4.69, 9.17) is 5.11 Å². The van der Waals surface area contributed by atoms with Crippen molar-refractivity contribution in [3.8, 4) is 0 Å². The molecule has 0 saturated carbocycles. The fourth-order valence-electron chi connectivity index (χ4n) is 2.32. The molecule has 0 aromatic heterocycles. The minimum Gasteiger partial charge on any atom is -0.478 e. The third-order valence-corrected chi connectivity index (χ3v) is 3.56. The van der Waals surface area contributed by atoms with Crippen LogP contribution in [0.4, 0.5) is 0 Å². The van der Waals surface area contributed by atoms with E-state index in [1.807, 2.05) is 30.3 Å². The van der Waals surface area contributed by atoms with E-state index in [9.17, 15) is 4.79 Å². The molecule has 0 aliphatic rings. The number of hydrogen-bond acceptors (Lipinski definition) is 1. The van der Waals surface area contributed by atoms with Crippen LogP contribution in [-0.2, 0) is 17.6 Å². The van der Waals surface area contributed by atoms with Crippen molar-refractivity contribution in [3.05, 3.63) is 77.4 Å². The predicted molar refractivity (Wildman–Crippen MR) is 86.2 cm³/mol. The highest BCUT2D eigenvalue weighted by Crippen LogP contribution is 2.20. The quantitative estimate of drug-likeness (QED) is 0.799. The van der Waals surface area contributed by atoms with E-state index in [1.165, 1.54) is 17.2 Å². The molecule has 2 rings (SSSR count). The van der Waals surface area contributed by atoms with Crippen molar-refractivity contribution in [1.29, 1.82) is 0 Å². The van der Waals surface area contributed by atoms with Crippen LogP contribution in [0.3, 0.4) is 0 Å². The smallest absolute Gasteiger partial charge is 0.328 e. The normalized spacial score (nSPS) is 11.4. The monoisotopic (exact) mass is 280 g/mol. The van der Waals surface area contributed by atoms with E-state index >= 15 is 0 Å².